The maximum Gasteiger partial charge on any atom is 0.0488 e. The van der Waals surface area contributed by atoms with Gasteiger partial charge in [0, 0.05) is 28.5 Å². The van der Waals surface area contributed by atoms with Crippen LogP contribution in [0.3, 0.4) is 0 Å². The van der Waals surface area contributed by atoms with Crippen molar-refractivity contribution in [3.8, 4) is 0 Å². The Kier molecular flexibility index (Phi) is 2.01. The fourth-order valence-electron chi connectivity index (χ4n) is 1.78. The number of aromatic nitrogens is 1. The summed E-state index contributed by atoms with van der Waals surface area (Å²) >= 11 is 0. The van der Waals surface area contributed by atoms with Crippen LogP contribution >= 0.6 is 0 Å². The minimum absolute atomic E-state index is 1.03. The number of fused-ring (bicyclic) bond motifs is 1. The molecule has 0 N–H and O–H groups in total. The Hall–Kier alpha value is -1.76. The molecule has 0 bridgehead atoms. The topological polar surface area (TPSA) is 4.93 Å². The van der Waals surface area contributed by atoms with Crippen molar-refractivity contribution in [3.63, 3.8) is 0 Å². The van der Waals surface area contributed by atoms with Crippen molar-refractivity contribution < 1.29 is 0 Å². The van der Waals surface area contributed by atoms with Gasteiger partial charge in [-0.1, -0.05) is 43.5 Å². The van der Waals surface area contributed by atoms with Crippen LogP contribution < -0.4 is 10.6 Å². The van der Waals surface area contributed by atoms with Gasteiger partial charge in [0.05, 0.1) is 0 Å². The van der Waals surface area contributed by atoms with Crippen LogP contribution in [-0.2, 0) is 7.05 Å². The Bertz CT molecular complexity index is 587. The Labute approximate surface area is 83.3 Å². The maximum absolute atomic E-state index is 4.06. The van der Waals surface area contributed by atoms with Crippen LogP contribution in [-0.4, -0.2) is 4.57 Å². The molecule has 1 aromatic carbocycles. The molecule has 0 spiro atoms. The molecule has 70 valence electrons. The molecule has 0 saturated heterocycles. The summed E-state index contributed by atoms with van der Waals surface area (Å²) in [5, 5.41) is 3.43. The number of hydrogen-bond acceptors (Lipinski definition) is 0. The van der Waals surface area contributed by atoms with Gasteiger partial charge in [0.1, 0.15) is 0 Å². The largest absolute Gasteiger partial charge is 0.344 e. The summed E-state index contributed by atoms with van der Waals surface area (Å²) in [6.45, 7) is 7.78. The molecule has 1 heterocycles. The SMILES string of the molecule is C=C/C=c1\c(=C)n(C)c2ccccc12. The second-order valence-corrected chi connectivity index (χ2v) is 3.34. The Morgan fingerprint density at radius 2 is 2.00 bits per heavy atom. The minimum atomic E-state index is 1.03. The second kappa shape index (κ2) is 3.18. The highest BCUT2D eigenvalue weighted by Gasteiger charge is 2.00. The molecule has 0 aliphatic carbocycles. The average molecular weight is 183 g/mol. The number of nitrogens with zero attached hydrogens (tertiary/aromatic N) is 1. The van der Waals surface area contributed by atoms with Crippen LogP contribution in [0.5, 0.6) is 0 Å². The minimum Gasteiger partial charge on any atom is -0.344 e. The molecule has 14 heavy (non-hydrogen) atoms. The van der Waals surface area contributed by atoms with Crippen molar-refractivity contribution >= 4 is 23.6 Å². The Morgan fingerprint density at radius 3 is 2.71 bits per heavy atom. The lowest BCUT2D eigenvalue weighted by Gasteiger charge is -1.93. The van der Waals surface area contributed by atoms with Gasteiger partial charge in [-0.3, -0.25) is 0 Å². The van der Waals surface area contributed by atoms with E-state index in [2.05, 4.69) is 29.9 Å². The molecule has 0 fully saturated rings. The van der Waals surface area contributed by atoms with E-state index in [1.54, 1.807) is 6.08 Å². The van der Waals surface area contributed by atoms with Gasteiger partial charge in [0.15, 0.2) is 0 Å². The molecular formula is C13H13N. The monoisotopic (exact) mass is 183 g/mol. The number of allylic oxidation sites excluding steroid dienone is 1. The number of rotatable bonds is 1. The van der Waals surface area contributed by atoms with Gasteiger partial charge in [-0.25, -0.2) is 0 Å². The summed E-state index contributed by atoms with van der Waals surface area (Å²) in [6, 6.07) is 8.30. The highest BCUT2D eigenvalue weighted by molar-refractivity contribution is 5.82. The lowest BCUT2D eigenvalue weighted by molar-refractivity contribution is 0.928. The van der Waals surface area contributed by atoms with E-state index in [-0.39, 0.29) is 0 Å². The highest BCUT2D eigenvalue weighted by Crippen LogP contribution is 2.05. The van der Waals surface area contributed by atoms with E-state index < -0.39 is 0 Å². The molecule has 0 unspecified atom stereocenters. The van der Waals surface area contributed by atoms with E-state index in [1.165, 1.54) is 10.9 Å². The molecule has 1 heteroatoms. The third-order valence-corrected chi connectivity index (χ3v) is 2.56. The normalized spacial score (nSPS) is 12.2. The number of benzene rings is 1. The number of hydrogen-bond donors (Lipinski definition) is 0. The van der Waals surface area contributed by atoms with Gasteiger partial charge in [-0.15, -0.1) is 0 Å². The fraction of sp³-hybridized carbons (Fsp3) is 0.0769. The lowest BCUT2D eigenvalue weighted by atomic mass is 10.2. The van der Waals surface area contributed by atoms with E-state index in [0.717, 1.165) is 10.6 Å². The summed E-state index contributed by atoms with van der Waals surface area (Å²) in [6.07, 6.45) is 3.81. The Morgan fingerprint density at radius 1 is 1.29 bits per heavy atom. The first-order chi connectivity index (χ1) is 6.75. The van der Waals surface area contributed by atoms with E-state index in [9.17, 15) is 0 Å². The highest BCUT2D eigenvalue weighted by atomic mass is 14.9. The summed E-state index contributed by atoms with van der Waals surface area (Å²) < 4.78 is 2.10. The van der Waals surface area contributed by atoms with Crippen LogP contribution in [0.4, 0.5) is 0 Å². The van der Waals surface area contributed by atoms with Crippen LogP contribution in [0.2, 0.25) is 0 Å². The van der Waals surface area contributed by atoms with Crippen molar-refractivity contribution in [2.24, 2.45) is 7.05 Å². The predicted octanol–water partition coefficient (Wildman–Crippen LogP) is 1.56. The first-order valence-corrected chi connectivity index (χ1v) is 4.61. The molecular weight excluding hydrogens is 170 g/mol. The van der Waals surface area contributed by atoms with Crippen LogP contribution in [0.15, 0.2) is 36.9 Å². The van der Waals surface area contributed by atoms with E-state index in [0.29, 0.717) is 0 Å². The van der Waals surface area contributed by atoms with E-state index in [4.69, 9.17) is 0 Å². The van der Waals surface area contributed by atoms with Gasteiger partial charge < -0.3 is 4.57 Å². The van der Waals surface area contributed by atoms with Gasteiger partial charge in [0.25, 0.3) is 0 Å². The zero-order valence-corrected chi connectivity index (χ0v) is 8.33. The molecule has 0 aliphatic heterocycles. The zero-order chi connectivity index (χ0) is 10.1. The number of para-hydroxylation sites is 1. The van der Waals surface area contributed by atoms with Crippen LogP contribution in [0, 0.1) is 0 Å². The number of aryl methyl sites for hydroxylation is 1. The lowest BCUT2D eigenvalue weighted by Crippen LogP contribution is -2.25. The predicted molar refractivity (Wildman–Crippen MR) is 62.4 cm³/mol. The van der Waals surface area contributed by atoms with Crippen molar-refractivity contribution in [2.75, 3.05) is 0 Å². The Balaban J connectivity index is 3.11. The first kappa shape index (κ1) is 8.82. The summed E-state index contributed by atoms with van der Waals surface area (Å²) in [5.74, 6) is 0. The van der Waals surface area contributed by atoms with Crippen molar-refractivity contribution in [3.05, 3.63) is 47.5 Å². The third-order valence-electron chi connectivity index (χ3n) is 2.56. The van der Waals surface area contributed by atoms with Gasteiger partial charge >= 0.3 is 0 Å². The van der Waals surface area contributed by atoms with Crippen LogP contribution in [0.1, 0.15) is 0 Å². The van der Waals surface area contributed by atoms with Crippen molar-refractivity contribution in [2.45, 2.75) is 0 Å². The van der Waals surface area contributed by atoms with Crippen molar-refractivity contribution in [1.29, 1.82) is 0 Å². The molecule has 0 atom stereocenters. The summed E-state index contributed by atoms with van der Waals surface area (Å²) in [5.41, 5.74) is 1.21. The molecule has 1 nitrogen and oxygen atoms in total. The zero-order valence-electron chi connectivity index (χ0n) is 8.33. The quantitative estimate of drug-likeness (QED) is 0.632. The standard InChI is InChI=1S/C13H13N/c1-4-7-11-10(2)14(3)13-9-6-5-8-12(11)13/h4-9H,1-2H2,3H3/b11-7+. The van der Waals surface area contributed by atoms with Gasteiger partial charge in [-0.2, -0.15) is 0 Å². The van der Waals surface area contributed by atoms with Gasteiger partial charge in [-0.05, 0) is 6.07 Å². The molecule has 0 aliphatic rings. The van der Waals surface area contributed by atoms with E-state index in [1.807, 2.05) is 25.3 Å². The maximum atomic E-state index is 4.06. The summed E-state index contributed by atoms with van der Waals surface area (Å²) in [4.78, 5) is 0. The smallest absolute Gasteiger partial charge is 0.0488 e. The van der Waals surface area contributed by atoms with Crippen LogP contribution in [0.25, 0.3) is 23.6 Å². The summed E-state index contributed by atoms with van der Waals surface area (Å²) in [7, 11) is 2.03. The third kappa shape index (κ3) is 1.10. The van der Waals surface area contributed by atoms with Gasteiger partial charge in [0.2, 0.25) is 0 Å². The molecule has 2 aromatic rings. The fourth-order valence-corrected chi connectivity index (χ4v) is 1.78. The molecule has 0 amide bonds. The average Bonchev–Trinajstić information content (AvgIpc) is 2.45. The van der Waals surface area contributed by atoms with E-state index >= 15 is 0 Å². The van der Waals surface area contributed by atoms with Crippen molar-refractivity contribution in [1.82, 2.24) is 4.57 Å². The first-order valence-electron chi connectivity index (χ1n) is 4.61. The molecule has 0 radical (unpaired) electrons. The molecule has 0 saturated carbocycles. The second-order valence-electron chi connectivity index (χ2n) is 3.34. The molecule has 1 aromatic heterocycles. The molecule has 2 rings (SSSR count).